The van der Waals surface area contributed by atoms with Gasteiger partial charge >= 0.3 is 11.9 Å². The minimum atomic E-state index is -0.846. The van der Waals surface area contributed by atoms with Gasteiger partial charge in [-0.05, 0) is 103 Å². The van der Waals surface area contributed by atoms with E-state index in [2.05, 4.69) is 47.7 Å². The number of carbonyl (C=O) groups is 2. The third-order valence-corrected chi connectivity index (χ3v) is 10.00. The maximum atomic E-state index is 11.0. The number of benzene rings is 4. The van der Waals surface area contributed by atoms with Gasteiger partial charge in [-0.1, -0.05) is 48.0 Å². The van der Waals surface area contributed by atoms with Crippen molar-refractivity contribution in [2.24, 2.45) is 0 Å². The largest absolute Gasteiger partial charge is 0.488 e. The Morgan fingerprint density at radius 2 is 1.47 bits per heavy atom. The molecule has 4 N–H and O–H groups in total. The van der Waals surface area contributed by atoms with E-state index < -0.39 is 11.9 Å². The number of fused-ring (bicyclic) bond motifs is 1. The smallest absolute Gasteiger partial charge is 0.303 e. The summed E-state index contributed by atoms with van der Waals surface area (Å²) in [6, 6.07) is 25.4. The predicted octanol–water partition coefficient (Wildman–Crippen LogP) is 8.77. The molecular weight excluding hydrogens is 758 g/mol. The summed E-state index contributed by atoms with van der Waals surface area (Å²) in [5, 5.41) is 34.1. The molecule has 0 fully saturated rings. The Kier molecular flexibility index (Phi) is 14.1. The quantitative estimate of drug-likeness (QED) is 0.0540. The van der Waals surface area contributed by atoms with E-state index in [9.17, 15) is 14.9 Å². The van der Waals surface area contributed by atoms with E-state index in [-0.39, 0.29) is 26.1 Å². The second-order valence-electron chi connectivity index (χ2n) is 13.9. The standard InChI is InChI=1S/C45H44ClN5O7/c1-28-33(27-57-41-20-40(56-26-32-17-31(21-47)23-50-24-32)34(19-38(41)46)25-49-16-6-12-44(54)55)7-3-8-35(28)36-9-4-10-37(29(36)2)45-51-39-14-13-30(18-42(39)58-45)22-48-15-5-11-43(52)53/h3-4,7-10,13-14,17-20,23-24,48-49H,5-6,11-12,15-16,22,25-27H2,1-2H3,(H,52,53)(H,54,55). The number of ether oxygens (including phenoxy) is 2. The number of carboxylic acid groups (broad SMARTS) is 2. The number of pyridine rings is 1. The van der Waals surface area contributed by atoms with E-state index in [0.717, 1.165) is 55.6 Å². The number of halogens is 1. The number of aliphatic carboxylic acids is 2. The van der Waals surface area contributed by atoms with Gasteiger partial charge in [0.05, 0.1) is 10.6 Å². The number of hydrogen-bond acceptors (Lipinski definition) is 10. The van der Waals surface area contributed by atoms with Gasteiger partial charge in [-0.25, -0.2) is 4.98 Å². The van der Waals surface area contributed by atoms with Crippen molar-refractivity contribution in [3.8, 4) is 40.1 Å². The van der Waals surface area contributed by atoms with E-state index in [1.165, 1.54) is 6.20 Å². The van der Waals surface area contributed by atoms with Crippen molar-refractivity contribution < 1.29 is 33.7 Å². The highest BCUT2D eigenvalue weighted by Crippen LogP contribution is 2.37. The van der Waals surface area contributed by atoms with Crippen LogP contribution in [0.15, 0.2) is 89.6 Å². The Balaban J connectivity index is 1.18. The summed E-state index contributed by atoms with van der Waals surface area (Å²) in [6.45, 7) is 6.62. The molecule has 13 heteroatoms. The molecule has 6 rings (SSSR count). The van der Waals surface area contributed by atoms with Crippen LogP contribution in [0.5, 0.6) is 11.5 Å². The molecule has 0 saturated carbocycles. The predicted molar refractivity (Wildman–Crippen MR) is 221 cm³/mol. The summed E-state index contributed by atoms with van der Waals surface area (Å²) < 4.78 is 18.9. The molecule has 0 unspecified atom stereocenters. The maximum absolute atomic E-state index is 11.0. The highest BCUT2D eigenvalue weighted by atomic mass is 35.5. The zero-order valence-corrected chi connectivity index (χ0v) is 33.1. The topological polar surface area (TPSA) is 180 Å². The van der Waals surface area contributed by atoms with Gasteiger partial charge in [-0.15, -0.1) is 0 Å². The number of aromatic nitrogens is 2. The summed E-state index contributed by atoms with van der Waals surface area (Å²) in [6.07, 6.45) is 4.37. The molecule has 0 bridgehead atoms. The van der Waals surface area contributed by atoms with Gasteiger partial charge in [-0.3, -0.25) is 14.6 Å². The second-order valence-corrected chi connectivity index (χ2v) is 14.3. The van der Waals surface area contributed by atoms with Crippen LogP contribution < -0.4 is 20.1 Å². The van der Waals surface area contributed by atoms with Crippen LogP contribution in [0.4, 0.5) is 0 Å². The van der Waals surface area contributed by atoms with Crippen LogP contribution in [0.1, 0.15) is 64.6 Å². The molecule has 6 aromatic rings. The molecule has 2 heterocycles. The van der Waals surface area contributed by atoms with Crippen LogP contribution in [-0.4, -0.2) is 45.2 Å². The molecule has 0 radical (unpaired) electrons. The van der Waals surface area contributed by atoms with Crippen molar-refractivity contribution in [3.05, 3.63) is 129 Å². The molecule has 0 aliphatic heterocycles. The fourth-order valence-electron chi connectivity index (χ4n) is 6.57. The Labute approximate surface area is 341 Å². The molecule has 0 amide bonds. The zero-order valence-electron chi connectivity index (χ0n) is 32.3. The van der Waals surface area contributed by atoms with Crippen molar-refractivity contribution in [1.29, 1.82) is 5.26 Å². The minimum Gasteiger partial charge on any atom is -0.488 e. The number of carboxylic acids is 2. The maximum Gasteiger partial charge on any atom is 0.303 e. The van der Waals surface area contributed by atoms with Crippen LogP contribution in [0, 0.1) is 25.2 Å². The van der Waals surface area contributed by atoms with Crippen LogP contribution in [0.25, 0.3) is 33.7 Å². The summed E-state index contributed by atoms with van der Waals surface area (Å²) in [5.41, 5.74) is 10.4. The van der Waals surface area contributed by atoms with Gasteiger partial charge in [0.15, 0.2) is 5.58 Å². The number of rotatable bonds is 20. The molecule has 0 spiro atoms. The number of hydrogen-bond donors (Lipinski definition) is 4. The van der Waals surface area contributed by atoms with Crippen LogP contribution in [-0.2, 0) is 35.9 Å². The summed E-state index contributed by atoms with van der Waals surface area (Å²) in [4.78, 5) is 30.7. The molecule has 4 aromatic carbocycles. The lowest BCUT2D eigenvalue weighted by molar-refractivity contribution is -0.138. The average Bonchev–Trinajstić information content (AvgIpc) is 3.63. The molecule has 0 saturated heterocycles. The van der Waals surface area contributed by atoms with Crippen LogP contribution in [0.3, 0.4) is 0 Å². The Morgan fingerprint density at radius 1 is 0.776 bits per heavy atom. The van der Waals surface area contributed by atoms with Crippen molar-refractivity contribution >= 4 is 34.6 Å². The Hall–Kier alpha value is -6.26. The van der Waals surface area contributed by atoms with Crippen molar-refractivity contribution in [3.63, 3.8) is 0 Å². The number of nitriles is 1. The first-order valence-corrected chi connectivity index (χ1v) is 19.3. The molecular formula is C45H44ClN5O7. The Morgan fingerprint density at radius 3 is 2.21 bits per heavy atom. The highest BCUT2D eigenvalue weighted by Gasteiger charge is 2.18. The number of oxazole rings is 1. The lowest BCUT2D eigenvalue weighted by atomic mass is 9.91. The average molecular weight is 802 g/mol. The third kappa shape index (κ3) is 10.8. The molecule has 2 aromatic heterocycles. The van der Waals surface area contributed by atoms with Gasteiger partial charge < -0.3 is 34.7 Å². The van der Waals surface area contributed by atoms with E-state index in [0.29, 0.717) is 72.6 Å². The molecule has 12 nitrogen and oxygen atoms in total. The van der Waals surface area contributed by atoms with Crippen molar-refractivity contribution in [2.45, 2.75) is 65.8 Å². The van der Waals surface area contributed by atoms with Crippen LogP contribution >= 0.6 is 11.6 Å². The van der Waals surface area contributed by atoms with E-state index in [1.54, 1.807) is 24.4 Å². The number of nitrogens with zero attached hydrogens (tertiary/aromatic N) is 3. The molecule has 58 heavy (non-hydrogen) atoms. The SMILES string of the molecule is Cc1c(COc2cc(OCc3cncc(C#N)c3)c(CNCCCC(=O)O)cc2Cl)cccc1-c1cccc(-c2nc3ccc(CNCCCC(=O)O)cc3o2)c1C. The van der Waals surface area contributed by atoms with Gasteiger partial charge in [0.25, 0.3) is 0 Å². The second kappa shape index (κ2) is 19.7. The van der Waals surface area contributed by atoms with Crippen molar-refractivity contribution in [1.82, 2.24) is 20.6 Å². The summed E-state index contributed by atoms with van der Waals surface area (Å²) in [5.74, 6) is -0.148. The van der Waals surface area contributed by atoms with Gasteiger partial charge in [0.2, 0.25) is 5.89 Å². The molecule has 298 valence electrons. The normalized spacial score (nSPS) is 11.1. The van der Waals surface area contributed by atoms with E-state index >= 15 is 0 Å². The Bertz CT molecular complexity index is 2460. The zero-order chi connectivity index (χ0) is 41.0. The minimum absolute atomic E-state index is 0.0665. The first-order chi connectivity index (χ1) is 28.1. The molecule has 0 aliphatic rings. The fraction of sp³-hybridized carbons (Fsp3) is 0.267. The lowest BCUT2D eigenvalue weighted by Crippen LogP contribution is -2.16. The fourth-order valence-corrected chi connectivity index (χ4v) is 6.81. The molecule has 0 atom stereocenters. The lowest BCUT2D eigenvalue weighted by Gasteiger charge is -2.18. The van der Waals surface area contributed by atoms with Crippen molar-refractivity contribution in [2.75, 3.05) is 13.1 Å². The van der Waals surface area contributed by atoms with Gasteiger partial charge in [-0.2, -0.15) is 5.26 Å². The molecule has 0 aliphatic carbocycles. The van der Waals surface area contributed by atoms with E-state index in [1.807, 2.05) is 42.5 Å². The third-order valence-electron chi connectivity index (χ3n) is 9.70. The summed E-state index contributed by atoms with van der Waals surface area (Å²) in [7, 11) is 0. The van der Waals surface area contributed by atoms with Gasteiger partial charge in [0.1, 0.15) is 36.3 Å². The summed E-state index contributed by atoms with van der Waals surface area (Å²) >= 11 is 6.78. The number of nitrogens with one attached hydrogen (secondary N) is 2. The van der Waals surface area contributed by atoms with Gasteiger partial charge in [0, 0.05) is 61.1 Å². The van der Waals surface area contributed by atoms with E-state index in [4.69, 9.17) is 40.7 Å². The highest BCUT2D eigenvalue weighted by molar-refractivity contribution is 6.32. The first kappa shape index (κ1) is 41.4. The first-order valence-electron chi connectivity index (χ1n) is 18.9. The monoisotopic (exact) mass is 801 g/mol. The van der Waals surface area contributed by atoms with Crippen LogP contribution in [0.2, 0.25) is 5.02 Å².